The largest absolute Gasteiger partial charge is 0.466 e. The van der Waals surface area contributed by atoms with Gasteiger partial charge in [-0.2, -0.15) is 0 Å². The molecule has 3 aromatic carbocycles. The zero-order chi connectivity index (χ0) is 24.7. The highest BCUT2D eigenvalue weighted by molar-refractivity contribution is 9.10. The SMILES string of the molecule is COC(=O)/C=C(/C(=O)OC)N1C=Cc2ccccc2C1n1c2ccc(Br)cc2c2cc(Br)ccc21. The number of ether oxygens (including phenoxy) is 2. The van der Waals surface area contributed by atoms with Gasteiger partial charge in [-0.15, -0.1) is 0 Å². The second kappa shape index (κ2) is 9.36. The summed E-state index contributed by atoms with van der Waals surface area (Å²) in [5, 5.41) is 2.11. The van der Waals surface area contributed by atoms with Gasteiger partial charge < -0.3 is 18.9 Å². The van der Waals surface area contributed by atoms with E-state index >= 15 is 0 Å². The zero-order valence-electron chi connectivity index (χ0n) is 18.9. The quantitative estimate of drug-likeness (QED) is 0.202. The lowest BCUT2D eigenvalue weighted by Crippen LogP contribution is -2.35. The van der Waals surface area contributed by atoms with Crippen LogP contribution >= 0.6 is 31.9 Å². The Morgan fingerprint density at radius 3 is 2.11 bits per heavy atom. The highest BCUT2D eigenvalue weighted by Gasteiger charge is 2.33. The van der Waals surface area contributed by atoms with Crippen LogP contribution in [-0.4, -0.2) is 35.6 Å². The number of carbonyl (C=O) groups excluding carboxylic acids is 2. The minimum Gasteiger partial charge on any atom is -0.466 e. The molecule has 0 N–H and O–H groups in total. The molecule has 4 aromatic rings. The van der Waals surface area contributed by atoms with Crippen LogP contribution in [-0.2, 0) is 19.1 Å². The van der Waals surface area contributed by atoms with Gasteiger partial charge in [0.1, 0.15) is 11.9 Å². The number of esters is 2. The average Bonchev–Trinajstić information content (AvgIpc) is 3.18. The van der Waals surface area contributed by atoms with Gasteiger partial charge in [0.2, 0.25) is 0 Å². The average molecular weight is 596 g/mol. The van der Waals surface area contributed by atoms with E-state index in [0.717, 1.165) is 48.0 Å². The van der Waals surface area contributed by atoms with Crippen LogP contribution < -0.4 is 0 Å². The van der Waals surface area contributed by atoms with Gasteiger partial charge >= 0.3 is 11.9 Å². The number of hydrogen-bond donors (Lipinski definition) is 0. The minimum atomic E-state index is -0.647. The third-order valence-corrected chi connectivity index (χ3v) is 7.04. The molecule has 0 saturated carbocycles. The van der Waals surface area contributed by atoms with Gasteiger partial charge in [-0.25, -0.2) is 9.59 Å². The van der Waals surface area contributed by atoms with E-state index in [2.05, 4.69) is 48.6 Å². The molecule has 1 aromatic heterocycles. The maximum atomic E-state index is 12.9. The minimum absolute atomic E-state index is 0.0688. The number of benzene rings is 3. The second-order valence-corrected chi connectivity index (χ2v) is 9.79. The number of carbonyl (C=O) groups is 2. The standard InChI is InChI=1S/C27H20Br2N2O4/c1-34-25(32)15-24(27(33)35-2)30-12-11-16-5-3-4-6-19(16)26(30)31-22-9-7-17(28)13-20(22)21-14-18(29)8-10-23(21)31/h3-15,26H,1-2H3/b24-15-. The van der Waals surface area contributed by atoms with Gasteiger partial charge in [0.05, 0.1) is 31.3 Å². The molecule has 2 heterocycles. The predicted octanol–water partition coefficient (Wildman–Crippen LogP) is 6.38. The number of nitrogens with zero attached hydrogens (tertiary/aromatic N) is 2. The molecule has 1 atom stereocenters. The zero-order valence-corrected chi connectivity index (χ0v) is 22.0. The number of fused-ring (bicyclic) bond motifs is 4. The first-order chi connectivity index (χ1) is 16.9. The Morgan fingerprint density at radius 1 is 0.886 bits per heavy atom. The molecule has 0 spiro atoms. The van der Waals surface area contributed by atoms with Crippen LogP contribution in [0.25, 0.3) is 27.9 Å². The van der Waals surface area contributed by atoms with E-state index in [1.165, 1.54) is 14.2 Å². The number of hydrogen-bond acceptors (Lipinski definition) is 5. The molecule has 0 saturated heterocycles. The smallest absolute Gasteiger partial charge is 0.355 e. The molecule has 8 heteroatoms. The fourth-order valence-electron chi connectivity index (χ4n) is 4.54. The van der Waals surface area contributed by atoms with Crippen molar-refractivity contribution in [2.24, 2.45) is 0 Å². The van der Waals surface area contributed by atoms with Crippen LogP contribution in [0.2, 0.25) is 0 Å². The third-order valence-electron chi connectivity index (χ3n) is 6.05. The molecular weight excluding hydrogens is 576 g/mol. The van der Waals surface area contributed by atoms with Crippen LogP contribution in [0.3, 0.4) is 0 Å². The monoisotopic (exact) mass is 594 g/mol. The summed E-state index contributed by atoms with van der Waals surface area (Å²) in [5.74, 6) is -1.29. The van der Waals surface area contributed by atoms with Crippen molar-refractivity contribution < 1.29 is 19.1 Å². The lowest BCUT2D eigenvalue weighted by atomic mass is 9.99. The molecular formula is C27H20Br2N2O4. The summed E-state index contributed by atoms with van der Waals surface area (Å²) >= 11 is 7.20. The normalized spacial score (nSPS) is 15.4. The predicted molar refractivity (Wildman–Crippen MR) is 142 cm³/mol. The van der Waals surface area contributed by atoms with Crippen molar-refractivity contribution in [3.63, 3.8) is 0 Å². The summed E-state index contributed by atoms with van der Waals surface area (Å²) in [7, 11) is 2.56. The van der Waals surface area contributed by atoms with E-state index < -0.39 is 18.1 Å². The Kier molecular flexibility index (Phi) is 6.25. The van der Waals surface area contributed by atoms with Crippen molar-refractivity contribution in [3.8, 4) is 0 Å². The van der Waals surface area contributed by atoms with Gasteiger partial charge in [-0.1, -0.05) is 56.1 Å². The second-order valence-electron chi connectivity index (χ2n) is 7.96. The van der Waals surface area contributed by atoms with Crippen molar-refractivity contribution in [2.75, 3.05) is 14.2 Å². The van der Waals surface area contributed by atoms with Crippen LogP contribution in [0.15, 0.2) is 87.6 Å². The van der Waals surface area contributed by atoms with E-state index in [1.54, 1.807) is 11.1 Å². The Labute approximate surface area is 218 Å². The summed E-state index contributed by atoms with van der Waals surface area (Å²) < 4.78 is 14.0. The van der Waals surface area contributed by atoms with E-state index in [1.807, 2.05) is 54.6 Å². The number of methoxy groups -OCH3 is 2. The van der Waals surface area contributed by atoms with Crippen molar-refractivity contribution in [3.05, 3.63) is 98.7 Å². The van der Waals surface area contributed by atoms with E-state index in [-0.39, 0.29) is 5.70 Å². The Hall–Kier alpha value is -3.36. The molecule has 176 valence electrons. The Balaban J connectivity index is 1.86. The van der Waals surface area contributed by atoms with Gasteiger partial charge in [0.15, 0.2) is 0 Å². The lowest BCUT2D eigenvalue weighted by molar-refractivity contribution is -0.140. The van der Waals surface area contributed by atoms with Gasteiger partial charge in [-0.3, -0.25) is 0 Å². The lowest BCUT2D eigenvalue weighted by Gasteiger charge is -2.37. The van der Waals surface area contributed by atoms with Crippen LogP contribution in [0.4, 0.5) is 0 Å². The maximum absolute atomic E-state index is 12.9. The first-order valence-corrected chi connectivity index (χ1v) is 12.3. The number of rotatable bonds is 4. The molecule has 1 aliphatic rings. The molecule has 0 fully saturated rings. The summed E-state index contributed by atoms with van der Waals surface area (Å²) in [4.78, 5) is 26.9. The van der Waals surface area contributed by atoms with Crippen molar-refractivity contribution in [1.82, 2.24) is 9.47 Å². The van der Waals surface area contributed by atoms with Crippen LogP contribution in [0, 0.1) is 0 Å². The van der Waals surface area contributed by atoms with Crippen LogP contribution in [0.1, 0.15) is 17.3 Å². The van der Waals surface area contributed by atoms with E-state index in [4.69, 9.17) is 9.47 Å². The molecule has 35 heavy (non-hydrogen) atoms. The van der Waals surface area contributed by atoms with E-state index in [0.29, 0.717) is 0 Å². The Bertz CT molecular complexity index is 1490. The molecule has 5 rings (SSSR count). The topological polar surface area (TPSA) is 60.8 Å². The highest BCUT2D eigenvalue weighted by Crippen LogP contribution is 2.42. The summed E-state index contributed by atoms with van der Waals surface area (Å²) in [6.07, 6.45) is 4.40. The van der Waals surface area contributed by atoms with Crippen molar-refractivity contribution in [1.29, 1.82) is 0 Å². The fraction of sp³-hybridized carbons (Fsp3) is 0.111. The fourth-order valence-corrected chi connectivity index (χ4v) is 5.26. The number of aromatic nitrogens is 1. The van der Waals surface area contributed by atoms with Gasteiger partial charge in [0.25, 0.3) is 0 Å². The summed E-state index contributed by atoms with van der Waals surface area (Å²) in [6.45, 7) is 0. The molecule has 1 unspecified atom stereocenters. The molecule has 1 aliphatic heterocycles. The maximum Gasteiger partial charge on any atom is 0.355 e. The molecule has 6 nitrogen and oxygen atoms in total. The molecule has 0 radical (unpaired) electrons. The highest BCUT2D eigenvalue weighted by atomic mass is 79.9. The molecule has 0 bridgehead atoms. The van der Waals surface area contributed by atoms with E-state index in [9.17, 15) is 9.59 Å². The summed E-state index contributed by atoms with van der Waals surface area (Å²) in [5.41, 5.74) is 4.01. The molecule has 0 amide bonds. The first-order valence-electron chi connectivity index (χ1n) is 10.7. The number of halogens is 2. The van der Waals surface area contributed by atoms with Crippen molar-refractivity contribution in [2.45, 2.75) is 6.17 Å². The van der Waals surface area contributed by atoms with Gasteiger partial charge in [0, 0.05) is 31.5 Å². The summed E-state index contributed by atoms with van der Waals surface area (Å²) in [6, 6.07) is 20.2. The van der Waals surface area contributed by atoms with Crippen LogP contribution in [0.5, 0.6) is 0 Å². The molecule has 0 aliphatic carbocycles. The first kappa shape index (κ1) is 23.4. The van der Waals surface area contributed by atoms with Crippen molar-refractivity contribution >= 4 is 71.7 Å². The Morgan fingerprint density at radius 2 is 1.51 bits per heavy atom. The van der Waals surface area contributed by atoms with Gasteiger partial charge in [-0.05, 0) is 48.0 Å². The third kappa shape index (κ3) is 4.06.